The monoisotopic (exact) mass is 316 g/mol. The predicted molar refractivity (Wildman–Crippen MR) is 83.2 cm³/mol. The van der Waals surface area contributed by atoms with Gasteiger partial charge in [-0.25, -0.2) is 4.98 Å². The Morgan fingerprint density at radius 2 is 2.09 bits per heavy atom. The number of hydrogen-bond acceptors (Lipinski definition) is 5. The molecule has 1 amide bonds. The third-order valence-corrected chi connectivity index (χ3v) is 3.81. The van der Waals surface area contributed by atoms with Crippen molar-refractivity contribution in [2.75, 3.05) is 20.2 Å². The second kappa shape index (κ2) is 7.13. The summed E-state index contributed by atoms with van der Waals surface area (Å²) in [5, 5.41) is 4.02. The Kier molecular flexibility index (Phi) is 4.75. The standard InChI is InChI=1S/C16H20N4O3/c1-22-14-5-2-3-6-15(14)23-13-9-19(10-13)16(21)7-4-8-20-12-17-11-18-20/h2-3,5-6,11-13H,4,7-10H2,1H3. The van der Waals surface area contributed by atoms with Crippen LogP contribution in [0.3, 0.4) is 0 Å². The predicted octanol–water partition coefficient (Wildman–Crippen LogP) is 1.36. The first-order valence-electron chi connectivity index (χ1n) is 7.66. The van der Waals surface area contributed by atoms with Crippen molar-refractivity contribution in [1.29, 1.82) is 0 Å². The Balaban J connectivity index is 1.39. The summed E-state index contributed by atoms with van der Waals surface area (Å²) in [4.78, 5) is 17.8. The fraction of sp³-hybridized carbons (Fsp3) is 0.438. The zero-order valence-electron chi connectivity index (χ0n) is 13.1. The minimum Gasteiger partial charge on any atom is -0.493 e. The van der Waals surface area contributed by atoms with E-state index in [1.807, 2.05) is 29.2 Å². The van der Waals surface area contributed by atoms with E-state index in [0.717, 1.165) is 12.2 Å². The highest BCUT2D eigenvalue weighted by Gasteiger charge is 2.32. The van der Waals surface area contributed by atoms with Crippen LogP contribution in [0.1, 0.15) is 12.8 Å². The molecule has 0 saturated carbocycles. The molecule has 2 aromatic rings. The van der Waals surface area contributed by atoms with E-state index in [0.29, 0.717) is 31.8 Å². The number of para-hydroxylation sites is 2. The third kappa shape index (κ3) is 3.80. The second-order valence-corrected chi connectivity index (χ2v) is 5.45. The summed E-state index contributed by atoms with van der Waals surface area (Å²) in [5.41, 5.74) is 0. The molecule has 0 unspecified atom stereocenters. The second-order valence-electron chi connectivity index (χ2n) is 5.45. The van der Waals surface area contributed by atoms with Crippen molar-refractivity contribution in [3.8, 4) is 11.5 Å². The number of rotatable bonds is 7. The van der Waals surface area contributed by atoms with Crippen LogP contribution in [0.2, 0.25) is 0 Å². The minimum atomic E-state index is 0.0329. The summed E-state index contributed by atoms with van der Waals surface area (Å²) in [6, 6.07) is 7.55. The number of carbonyl (C=O) groups excluding carboxylic acids is 1. The van der Waals surface area contributed by atoms with E-state index in [-0.39, 0.29) is 12.0 Å². The average Bonchev–Trinajstić information content (AvgIpc) is 3.04. The number of benzene rings is 1. The zero-order chi connectivity index (χ0) is 16.1. The van der Waals surface area contributed by atoms with Gasteiger partial charge in [-0.3, -0.25) is 9.48 Å². The highest BCUT2D eigenvalue weighted by Crippen LogP contribution is 2.28. The van der Waals surface area contributed by atoms with Gasteiger partial charge in [0.15, 0.2) is 11.5 Å². The SMILES string of the molecule is COc1ccccc1OC1CN(C(=O)CCCn2cncn2)C1. The molecule has 0 aliphatic carbocycles. The molecule has 1 saturated heterocycles. The van der Waals surface area contributed by atoms with Gasteiger partial charge in [0.25, 0.3) is 0 Å². The van der Waals surface area contributed by atoms with Gasteiger partial charge in [-0.15, -0.1) is 0 Å². The van der Waals surface area contributed by atoms with Crippen LogP contribution in [0.15, 0.2) is 36.9 Å². The number of methoxy groups -OCH3 is 1. The van der Waals surface area contributed by atoms with E-state index in [4.69, 9.17) is 9.47 Å². The summed E-state index contributed by atoms with van der Waals surface area (Å²) in [6.07, 6.45) is 4.46. The molecule has 3 rings (SSSR count). The Bertz CT molecular complexity index is 639. The van der Waals surface area contributed by atoms with Gasteiger partial charge in [0.1, 0.15) is 18.8 Å². The van der Waals surface area contributed by atoms with E-state index < -0.39 is 0 Å². The number of aromatic nitrogens is 3. The summed E-state index contributed by atoms with van der Waals surface area (Å²) < 4.78 is 12.9. The lowest BCUT2D eigenvalue weighted by atomic mass is 10.1. The molecule has 0 atom stereocenters. The van der Waals surface area contributed by atoms with Crippen molar-refractivity contribution in [3.05, 3.63) is 36.9 Å². The first-order valence-corrected chi connectivity index (χ1v) is 7.66. The molecule has 0 radical (unpaired) electrons. The van der Waals surface area contributed by atoms with Crippen LogP contribution < -0.4 is 9.47 Å². The molecule has 0 bridgehead atoms. The van der Waals surface area contributed by atoms with Gasteiger partial charge >= 0.3 is 0 Å². The van der Waals surface area contributed by atoms with Crippen molar-refractivity contribution in [3.63, 3.8) is 0 Å². The lowest BCUT2D eigenvalue weighted by molar-refractivity contribution is -0.140. The van der Waals surface area contributed by atoms with Crippen molar-refractivity contribution >= 4 is 5.91 Å². The van der Waals surface area contributed by atoms with E-state index in [2.05, 4.69) is 10.1 Å². The van der Waals surface area contributed by atoms with E-state index in [1.165, 1.54) is 6.33 Å². The highest BCUT2D eigenvalue weighted by molar-refractivity contribution is 5.77. The van der Waals surface area contributed by atoms with Gasteiger partial charge in [-0.05, 0) is 18.6 Å². The molecule has 1 aromatic heterocycles. The van der Waals surface area contributed by atoms with Gasteiger partial charge in [-0.1, -0.05) is 12.1 Å². The smallest absolute Gasteiger partial charge is 0.222 e. The normalized spacial score (nSPS) is 14.4. The number of likely N-dealkylation sites (tertiary alicyclic amines) is 1. The molecular formula is C16H20N4O3. The Labute approximate surface area is 134 Å². The van der Waals surface area contributed by atoms with Crippen LogP contribution >= 0.6 is 0 Å². The molecule has 1 aromatic carbocycles. The first kappa shape index (κ1) is 15.3. The van der Waals surface area contributed by atoms with Crippen LogP contribution in [0.25, 0.3) is 0 Å². The van der Waals surface area contributed by atoms with Crippen molar-refractivity contribution in [2.24, 2.45) is 0 Å². The molecule has 0 N–H and O–H groups in total. The minimum absolute atomic E-state index is 0.0329. The number of hydrogen-bond donors (Lipinski definition) is 0. The third-order valence-electron chi connectivity index (χ3n) is 3.81. The Hall–Kier alpha value is -2.57. The molecule has 2 heterocycles. The van der Waals surface area contributed by atoms with Gasteiger partial charge < -0.3 is 14.4 Å². The quantitative estimate of drug-likeness (QED) is 0.771. The fourth-order valence-corrected chi connectivity index (χ4v) is 2.51. The molecule has 23 heavy (non-hydrogen) atoms. The van der Waals surface area contributed by atoms with E-state index in [1.54, 1.807) is 18.1 Å². The maximum Gasteiger partial charge on any atom is 0.222 e. The molecule has 0 spiro atoms. The van der Waals surface area contributed by atoms with Gasteiger partial charge in [0, 0.05) is 13.0 Å². The van der Waals surface area contributed by atoms with Crippen LogP contribution in [-0.2, 0) is 11.3 Å². The van der Waals surface area contributed by atoms with Crippen LogP contribution in [0, 0.1) is 0 Å². The summed E-state index contributed by atoms with van der Waals surface area (Å²) >= 11 is 0. The van der Waals surface area contributed by atoms with Gasteiger partial charge in [-0.2, -0.15) is 5.10 Å². The van der Waals surface area contributed by atoms with E-state index >= 15 is 0 Å². The molecule has 1 aliphatic heterocycles. The molecule has 1 fully saturated rings. The molecular weight excluding hydrogens is 296 g/mol. The number of carbonyl (C=O) groups is 1. The van der Waals surface area contributed by atoms with Crippen molar-refractivity contribution in [1.82, 2.24) is 19.7 Å². The number of amides is 1. The van der Waals surface area contributed by atoms with Crippen LogP contribution in [0.5, 0.6) is 11.5 Å². The van der Waals surface area contributed by atoms with Crippen molar-refractivity contribution < 1.29 is 14.3 Å². The summed E-state index contributed by atoms with van der Waals surface area (Å²) in [6.45, 7) is 1.96. The molecule has 7 nitrogen and oxygen atoms in total. The number of nitrogens with zero attached hydrogens (tertiary/aromatic N) is 4. The molecule has 1 aliphatic rings. The maximum absolute atomic E-state index is 12.1. The average molecular weight is 316 g/mol. The topological polar surface area (TPSA) is 69.5 Å². The summed E-state index contributed by atoms with van der Waals surface area (Å²) in [7, 11) is 1.62. The van der Waals surface area contributed by atoms with Crippen LogP contribution in [-0.4, -0.2) is 51.9 Å². The largest absolute Gasteiger partial charge is 0.493 e. The molecule has 7 heteroatoms. The Morgan fingerprint density at radius 1 is 1.30 bits per heavy atom. The van der Waals surface area contributed by atoms with E-state index in [9.17, 15) is 4.79 Å². The van der Waals surface area contributed by atoms with Crippen LogP contribution in [0.4, 0.5) is 0 Å². The molecule has 122 valence electrons. The number of aryl methyl sites for hydroxylation is 1. The lowest BCUT2D eigenvalue weighted by Crippen LogP contribution is -2.56. The Morgan fingerprint density at radius 3 is 2.78 bits per heavy atom. The highest BCUT2D eigenvalue weighted by atomic mass is 16.5. The zero-order valence-corrected chi connectivity index (χ0v) is 13.1. The first-order chi connectivity index (χ1) is 11.3. The van der Waals surface area contributed by atoms with Gasteiger partial charge in [0.05, 0.1) is 20.2 Å². The lowest BCUT2D eigenvalue weighted by Gasteiger charge is -2.39. The number of ether oxygens (including phenoxy) is 2. The van der Waals surface area contributed by atoms with Gasteiger partial charge in [0.2, 0.25) is 5.91 Å². The fourth-order valence-electron chi connectivity index (χ4n) is 2.51. The summed E-state index contributed by atoms with van der Waals surface area (Å²) in [5.74, 6) is 1.59. The maximum atomic E-state index is 12.1. The van der Waals surface area contributed by atoms with Crippen molar-refractivity contribution in [2.45, 2.75) is 25.5 Å².